The Morgan fingerprint density at radius 3 is 2.53 bits per heavy atom. The number of rotatable bonds is 5. The molecule has 4 rings (SSSR count). The Labute approximate surface area is 180 Å². The first-order chi connectivity index (χ1) is 14.5. The van der Waals surface area contributed by atoms with Gasteiger partial charge in [0.25, 0.3) is 5.56 Å². The summed E-state index contributed by atoms with van der Waals surface area (Å²) in [5, 5.41) is 5.06. The van der Waals surface area contributed by atoms with E-state index in [2.05, 4.69) is 10.3 Å². The molecule has 0 radical (unpaired) electrons. The van der Waals surface area contributed by atoms with E-state index in [1.165, 1.54) is 22.4 Å². The van der Waals surface area contributed by atoms with Crippen LogP contribution in [0, 0.1) is 0 Å². The fourth-order valence-corrected chi connectivity index (χ4v) is 3.91. The molecule has 0 aliphatic heterocycles. The molecule has 0 saturated heterocycles. The Kier molecular flexibility index (Phi) is 5.74. The minimum Gasteiger partial charge on any atom is -0.311 e. The number of hydrogen-bond donors (Lipinski definition) is 2. The minimum atomic E-state index is -0.625. The average Bonchev–Trinajstić information content (AvgIpc) is 2.73. The number of fused-ring (bicyclic) bond motifs is 1. The third kappa shape index (κ3) is 4.32. The maximum Gasteiger partial charge on any atom is 0.334 e. The van der Waals surface area contributed by atoms with E-state index in [9.17, 15) is 14.4 Å². The molecule has 0 saturated carbocycles. The van der Waals surface area contributed by atoms with Gasteiger partial charge >= 0.3 is 5.69 Å². The Bertz CT molecular complexity index is 1340. The Morgan fingerprint density at radius 1 is 1.00 bits per heavy atom. The minimum absolute atomic E-state index is 0.109. The topological polar surface area (TPSA) is 84.0 Å². The number of aromatic nitrogens is 2. The number of amides is 1. The van der Waals surface area contributed by atoms with Gasteiger partial charge in [0.15, 0.2) is 0 Å². The van der Waals surface area contributed by atoms with E-state index in [0.29, 0.717) is 10.7 Å². The lowest BCUT2D eigenvalue weighted by Crippen LogP contribution is -2.32. The van der Waals surface area contributed by atoms with Gasteiger partial charge in [-0.1, -0.05) is 48.0 Å². The molecule has 1 amide bonds. The Morgan fingerprint density at radius 2 is 1.73 bits per heavy atom. The number of nitrogens with one attached hydrogen (secondary N) is 2. The number of thioether (sulfide) groups is 1. The lowest BCUT2D eigenvalue weighted by Gasteiger charge is -2.15. The van der Waals surface area contributed by atoms with Gasteiger partial charge in [0.2, 0.25) is 5.91 Å². The second-order valence-corrected chi connectivity index (χ2v) is 7.93. The molecule has 0 unspecified atom stereocenters. The van der Waals surface area contributed by atoms with Crippen molar-refractivity contribution in [1.82, 2.24) is 9.55 Å². The number of aromatic amines is 1. The molecule has 0 atom stereocenters. The summed E-state index contributed by atoms with van der Waals surface area (Å²) in [4.78, 5) is 40.2. The molecular weight excluding hydrogens is 422 g/mol. The number of anilines is 1. The summed E-state index contributed by atoms with van der Waals surface area (Å²) in [6.45, 7) is 0. The first-order valence-electron chi connectivity index (χ1n) is 9.04. The molecule has 1 aromatic heterocycles. The van der Waals surface area contributed by atoms with Crippen LogP contribution in [0.3, 0.4) is 0 Å². The monoisotopic (exact) mass is 437 g/mol. The molecule has 0 aliphatic carbocycles. The molecule has 0 bridgehead atoms. The molecule has 30 heavy (non-hydrogen) atoms. The molecule has 1 heterocycles. The van der Waals surface area contributed by atoms with Crippen LogP contribution >= 0.6 is 23.4 Å². The zero-order valence-corrected chi connectivity index (χ0v) is 17.2. The lowest BCUT2D eigenvalue weighted by atomic mass is 10.1. The van der Waals surface area contributed by atoms with E-state index in [1.54, 1.807) is 18.2 Å². The van der Waals surface area contributed by atoms with Crippen LogP contribution in [0.2, 0.25) is 5.02 Å². The van der Waals surface area contributed by atoms with Crippen LogP contribution in [-0.2, 0) is 4.79 Å². The summed E-state index contributed by atoms with van der Waals surface area (Å²) in [7, 11) is 0. The summed E-state index contributed by atoms with van der Waals surface area (Å²) in [5.41, 5.74) is -0.647. The summed E-state index contributed by atoms with van der Waals surface area (Å²) in [6.07, 6.45) is 0. The lowest BCUT2D eigenvalue weighted by molar-refractivity contribution is -0.113. The van der Waals surface area contributed by atoms with Crippen molar-refractivity contribution in [1.29, 1.82) is 0 Å². The van der Waals surface area contributed by atoms with Gasteiger partial charge < -0.3 is 5.32 Å². The number of carbonyl (C=O) groups excluding carboxylic acids is 1. The van der Waals surface area contributed by atoms with Gasteiger partial charge in [0, 0.05) is 21.4 Å². The van der Waals surface area contributed by atoms with Crippen molar-refractivity contribution in [3.05, 3.63) is 98.7 Å². The number of hydrogen-bond acceptors (Lipinski definition) is 4. The second kappa shape index (κ2) is 8.61. The van der Waals surface area contributed by atoms with E-state index in [1.807, 2.05) is 48.5 Å². The first kappa shape index (κ1) is 20.0. The van der Waals surface area contributed by atoms with Gasteiger partial charge in [-0.3, -0.25) is 14.6 Å². The smallest absolute Gasteiger partial charge is 0.311 e. The van der Waals surface area contributed by atoms with Crippen molar-refractivity contribution in [2.75, 3.05) is 11.1 Å². The van der Waals surface area contributed by atoms with E-state index >= 15 is 0 Å². The first-order valence-corrected chi connectivity index (χ1v) is 10.4. The number of halogens is 1. The van der Waals surface area contributed by atoms with Gasteiger partial charge in [-0.2, -0.15) is 0 Å². The van der Waals surface area contributed by atoms with Gasteiger partial charge in [-0.25, -0.2) is 9.36 Å². The van der Waals surface area contributed by atoms with Crippen molar-refractivity contribution in [2.24, 2.45) is 0 Å². The molecule has 0 spiro atoms. The molecule has 2 N–H and O–H groups in total. The number of nitrogens with zero attached hydrogens (tertiary/aromatic N) is 1. The van der Waals surface area contributed by atoms with Crippen molar-refractivity contribution in [2.45, 2.75) is 4.90 Å². The van der Waals surface area contributed by atoms with E-state index in [-0.39, 0.29) is 17.5 Å². The average molecular weight is 438 g/mol. The fourth-order valence-electron chi connectivity index (χ4n) is 3.09. The number of H-pyrrole nitrogens is 1. The van der Waals surface area contributed by atoms with E-state index in [4.69, 9.17) is 11.6 Å². The Balaban J connectivity index is 1.67. The van der Waals surface area contributed by atoms with Gasteiger partial charge in [0.05, 0.1) is 11.4 Å². The van der Waals surface area contributed by atoms with Gasteiger partial charge in [-0.05, 0) is 35.7 Å². The summed E-state index contributed by atoms with van der Waals surface area (Å²) >= 11 is 7.20. The predicted octanol–water partition coefficient (Wildman–Crippen LogP) is 4.06. The van der Waals surface area contributed by atoms with Crippen LogP contribution in [0.25, 0.3) is 16.5 Å². The highest BCUT2D eigenvalue weighted by molar-refractivity contribution is 8.00. The largest absolute Gasteiger partial charge is 0.334 e. The highest BCUT2D eigenvalue weighted by Gasteiger charge is 2.14. The third-order valence-corrected chi connectivity index (χ3v) is 5.66. The standard InChI is InChI=1S/C22H16ClN3O3S/c23-15-8-10-16(11-9-15)30-13-21(28)24-19-12-20(27)25-22(29)26(19)18-7-3-5-14-4-1-2-6-17(14)18/h1-12H,13H2,(H,24,28)(H,25,27,29). The molecular formula is C22H16ClN3O3S. The van der Waals surface area contributed by atoms with Crippen LogP contribution in [-0.4, -0.2) is 21.2 Å². The third-order valence-electron chi connectivity index (χ3n) is 4.40. The highest BCUT2D eigenvalue weighted by atomic mass is 35.5. The van der Waals surface area contributed by atoms with E-state index < -0.39 is 11.2 Å². The molecule has 0 fully saturated rings. The van der Waals surface area contributed by atoms with Gasteiger partial charge in [-0.15, -0.1) is 11.8 Å². The second-order valence-electron chi connectivity index (χ2n) is 6.45. The SMILES string of the molecule is O=C(CSc1ccc(Cl)cc1)Nc1cc(=O)[nH]c(=O)n1-c1cccc2ccccc12. The van der Waals surface area contributed by atoms with Crippen molar-refractivity contribution >= 4 is 45.9 Å². The van der Waals surface area contributed by atoms with Gasteiger partial charge in [0.1, 0.15) is 5.82 Å². The molecule has 8 heteroatoms. The number of benzene rings is 3. The van der Waals surface area contributed by atoms with Crippen LogP contribution in [0.4, 0.5) is 5.82 Å². The molecule has 0 aliphatic rings. The summed E-state index contributed by atoms with van der Waals surface area (Å²) < 4.78 is 1.30. The van der Waals surface area contributed by atoms with Crippen LogP contribution in [0.15, 0.2) is 87.3 Å². The quantitative estimate of drug-likeness (QED) is 0.461. The van der Waals surface area contributed by atoms with Crippen LogP contribution in [0.5, 0.6) is 0 Å². The maximum atomic E-state index is 12.6. The maximum absolute atomic E-state index is 12.6. The molecule has 6 nitrogen and oxygen atoms in total. The predicted molar refractivity (Wildman–Crippen MR) is 121 cm³/mol. The van der Waals surface area contributed by atoms with Crippen molar-refractivity contribution < 1.29 is 4.79 Å². The fraction of sp³-hybridized carbons (Fsp3) is 0.0455. The zero-order valence-electron chi connectivity index (χ0n) is 15.6. The molecule has 150 valence electrons. The van der Waals surface area contributed by atoms with Crippen molar-refractivity contribution in [3.63, 3.8) is 0 Å². The Hall–Kier alpha value is -3.29. The molecule has 3 aromatic carbocycles. The normalized spacial score (nSPS) is 10.8. The summed E-state index contributed by atoms with van der Waals surface area (Å²) in [5.74, 6) is -0.117. The van der Waals surface area contributed by atoms with Crippen LogP contribution in [0.1, 0.15) is 0 Å². The zero-order chi connectivity index (χ0) is 21.1. The number of carbonyl (C=O) groups is 1. The summed E-state index contributed by atoms with van der Waals surface area (Å²) in [6, 6.07) is 21.4. The van der Waals surface area contributed by atoms with Crippen LogP contribution < -0.4 is 16.6 Å². The molecule has 4 aromatic rings. The van der Waals surface area contributed by atoms with E-state index in [0.717, 1.165) is 15.7 Å². The highest BCUT2D eigenvalue weighted by Crippen LogP contribution is 2.24. The van der Waals surface area contributed by atoms with Crippen molar-refractivity contribution in [3.8, 4) is 5.69 Å².